The van der Waals surface area contributed by atoms with Gasteiger partial charge in [-0.1, -0.05) is 0 Å². The lowest BCUT2D eigenvalue weighted by atomic mass is 10.1. The van der Waals surface area contributed by atoms with Crippen LogP contribution in [0.15, 0.2) is 12.1 Å². The van der Waals surface area contributed by atoms with Gasteiger partial charge >= 0.3 is 5.97 Å². The second-order valence-electron chi connectivity index (χ2n) is 3.68. The van der Waals surface area contributed by atoms with E-state index in [9.17, 15) is 4.79 Å². The summed E-state index contributed by atoms with van der Waals surface area (Å²) in [7, 11) is 0. The molecule has 2 heterocycles. The predicted molar refractivity (Wildman–Crippen MR) is 56.1 cm³/mol. The highest BCUT2D eigenvalue weighted by Gasteiger charge is 2.20. The third kappa shape index (κ3) is 1.08. The van der Waals surface area contributed by atoms with Gasteiger partial charge in [-0.3, -0.25) is 0 Å². The fourth-order valence-electron chi connectivity index (χ4n) is 1.99. The number of fused-ring (bicyclic) bond motifs is 2. The van der Waals surface area contributed by atoms with Crippen molar-refractivity contribution in [2.45, 2.75) is 6.92 Å². The number of aromatic nitrogens is 1. The first kappa shape index (κ1) is 9.08. The highest BCUT2D eigenvalue weighted by Crippen LogP contribution is 2.37. The molecule has 2 aromatic rings. The number of carbonyl (C=O) groups is 1. The van der Waals surface area contributed by atoms with Crippen molar-refractivity contribution >= 4 is 16.9 Å². The number of carboxylic acid groups (broad SMARTS) is 1. The molecule has 16 heavy (non-hydrogen) atoms. The third-order valence-electron chi connectivity index (χ3n) is 2.69. The first-order valence-corrected chi connectivity index (χ1v) is 4.82. The minimum Gasteiger partial charge on any atom is -0.478 e. The van der Waals surface area contributed by atoms with Crippen molar-refractivity contribution in [1.82, 2.24) is 4.98 Å². The van der Waals surface area contributed by atoms with E-state index in [-0.39, 0.29) is 12.4 Å². The van der Waals surface area contributed by atoms with Gasteiger partial charge in [0.05, 0.1) is 11.1 Å². The number of aryl methyl sites for hydroxylation is 1. The van der Waals surface area contributed by atoms with E-state index in [1.165, 1.54) is 0 Å². The normalized spacial score (nSPS) is 13.3. The standard InChI is InChI=1S/C11H9NO4/c1-5-10(11(13)14)6-2-8-9(16-4-15-8)3-7(6)12-5/h2-3,12H,4H2,1H3,(H,13,14). The minimum absolute atomic E-state index is 0.184. The molecule has 0 spiro atoms. The van der Waals surface area contributed by atoms with Gasteiger partial charge in [0.2, 0.25) is 6.79 Å². The number of hydrogen-bond donors (Lipinski definition) is 2. The number of nitrogens with one attached hydrogen (secondary N) is 1. The van der Waals surface area contributed by atoms with E-state index in [1.807, 2.05) is 0 Å². The summed E-state index contributed by atoms with van der Waals surface area (Å²) in [5.74, 6) is 0.294. The van der Waals surface area contributed by atoms with Crippen LogP contribution >= 0.6 is 0 Å². The van der Waals surface area contributed by atoms with Gasteiger partial charge in [-0.25, -0.2) is 4.79 Å². The van der Waals surface area contributed by atoms with Gasteiger partial charge in [0.15, 0.2) is 11.5 Å². The molecular weight excluding hydrogens is 210 g/mol. The van der Waals surface area contributed by atoms with Crippen molar-refractivity contribution in [3.63, 3.8) is 0 Å². The summed E-state index contributed by atoms with van der Waals surface area (Å²) in [6.07, 6.45) is 0. The van der Waals surface area contributed by atoms with E-state index in [0.717, 1.165) is 5.52 Å². The Bertz CT molecular complexity index is 600. The molecule has 0 aliphatic carbocycles. The average Bonchev–Trinajstić information content (AvgIpc) is 2.75. The number of hydrogen-bond acceptors (Lipinski definition) is 3. The molecule has 0 saturated carbocycles. The number of aromatic amines is 1. The Hall–Kier alpha value is -2.17. The molecule has 0 bridgehead atoms. The highest BCUT2D eigenvalue weighted by molar-refractivity contribution is 6.05. The number of H-pyrrole nitrogens is 1. The summed E-state index contributed by atoms with van der Waals surface area (Å²) < 4.78 is 10.4. The Labute approximate surface area is 90.6 Å². The maximum atomic E-state index is 11.1. The lowest BCUT2D eigenvalue weighted by Crippen LogP contribution is -1.97. The second-order valence-corrected chi connectivity index (χ2v) is 3.68. The Balaban J connectivity index is 2.36. The first-order chi connectivity index (χ1) is 7.66. The first-order valence-electron chi connectivity index (χ1n) is 4.82. The predicted octanol–water partition coefficient (Wildman–Crippen LogP) is 1.90. The summed E-state index contributed by atoms with van der Waals surface area (Å²) in [6, 6.07) is 3.46. The van der Waals surface area contributed by atoms with E-state index in [4.69, 9.17) is 14.6 Å². The van der Waals surface area contributed by atoms with E-state index in [0.29, 0.717) is 22.6 Å². The van der Waals surface area contributed by atoms with Crippen LogP contribution in [0.1, 0.15) is 16.1 Å². The van der Waals surface area contributed by atoms with Gasteiger partial charge in [-0.05, 0) is 13.0 Å². The van der Waals surface area contributed by atoms with Crippen molar-refractivity contribution in [2.24, 2.45) is 0 Å². The number of rotatable bonds is 1. The lowest BCUT2D eigenvalue weighted by molar-refractivity contribution is 0.0698. The zero-order valence-electron chi connectivity index (χ0n) is 8.53. The van der Waals surface area contributed by atoms with Crippen LogP contribution in [0.25, 0.3) is 10.9 Å². The maximum Gasteiger partial charge on any atom is 0.338 e. The van der Waals surface area contributed by atoms with E-state index >= 15 is 0 Å². The van der Waals surface area contributed by atoms with Crippen LogP contribution in [0.5, 0.6) is 11.5 Å². The zero-order chi connectivity index (χ0) is 11.3. The monoisotopic (exact) mass is 219 g/mol. The molecule has 2 N–H and O–H groups in total. The lowest BCUT2D eigenvalue weighted by Gasteiger charge is -1.97. The topological polar surface area (TPSA) is 71.6 Å². The molecule has 0 radical (unpaired) electrons. The molecule has 0 amide bonds. The van der Waals surface area contributed by atoms with Crippen molar-refractivity contribution in [3.8, 4) is 11.5 Å². The van der Waals surface area contributed by atoms with Crippen molar-refractivity contribution in [1.29, 1.82) is 0 Å². The van der Waals surface area contributed by atoms with Crippen LogP contribution in [0.4, 0.5) is 0 Å². The molecule has 0 atom stereocenters. The van der Waals surface area contributed by atoms with Crippen LogP contribution in [-0.4, -0.2) is 22.9 Å². The molecule has 1 aromatic heterocycles. The van der Waals surface area contributed by atoms with E-state index < -0.39 is 5.97 Å². The van der Waals surface area contributed by atoms with Gasteiger partial charge < -0.3 is 19.6 Å². The Morgan fingerprint density at radius 2 is 2.06 bits per heavy atom. The smallest absolute Gasteiger partial charge is 0.338 e. The number of carboxylic acids is 1. The molecular formula is C11H9NO4. The summed E-state index contributed by atoms with van der Waals surface area (Å²) in [5.41, 5.74) is 1.67. The average molecular weight is 219 g/mol. The van der Waals surface area contributed by atoms with Crippen LogP contribution in [0.3, 0.4) is 0 Å². The maximum absolute atomic E-state index is 11.1. The molecule has 3 rings (SSSR count). The van der Waals surface area contributed by atoms with Crippen LogP contribution in [-0.2, 0) is 0 Å². The van der Waals surface area contributed by atoms with E-state index in [1.54, 1.807) is 19.1 Å². The van der Waals surface area contributed by atoms with Crippen molar-refractivity contribution in [3.05, 3.63) is 23.4 Å². The molecule has 5 heteroatoms. The molecule has 0 unspecified atom stereocenters. The third-order valence-corrected chi connectivity index (χ3v) is 2.69. The molecule has 82 valence electrons. The van der Waals surface area contributed by atoms with Crippen LogP contribution in [0, 0.1) is 6.92 Å². The Morgan fingerprint density at radius 1 is 1.38 bits per heavy atom. The van der Waals surface area contributed by atoms with Gasteiger partial charge in [0, 0.05) is 17.1 Å². The molecule has 0 saturated heterocycles. The molecule has 1 aromatic carbocycles. The van der Waals surface area contributed by atoms with Crippen molar-refractivity contribution < 1.29 is 19.4 Å². The molecule has 1 aliphatic heterocycles. The summed E-state index contributed by atoms with van der Waals surface area (Å²) in [5, 5.41) is 9.76. The SMILES string of the molecule is Cc1[nH]c2cc3c(cc2c1C(=O)O)OCO3. The van der Waals surface area contributed by atoms with Gasteiger partial charge in [0.25, 0.3) is 0 Å². The Morgan fingerprint density at radius 3 is 2.75 bits per heavy atom. The molecule has 5 nitrogen and oxygen atoms in total. The fraction of sp³-hybridized carbons (Fsp3) is 0.182. The number of aromatic carboxylic acids is 1. The van der Waals surface area contributed by atoms with Gasteiger partial charge in [-0.15, -0.1) is 0 Å². The largest absolute Gasteiger partial charge is 0.478 e. The van der Waals surface area contributed by atoms with E-state index in [2.05, 4.69) is 4.98 Å². The second kappa shape index (κ2) is 2.91. The van der Waals surface area contributed by atoms with Crippen LogP contribution in [0.2, 0.25) is 0 Å². The van der Waals surface area contributed by atoms with Gasteiger partial charge in [-0.2, -0.15) is 0 Å². The summed E-state index contributed by atoms with van der Waals surface area (Å²) in [6.45, 7) is 1.92. The highest BCUT2D eigenvalue weighted by atomic mass is 16.7. The summed E-state index contributed by atoms with van der Waals surface area (Å²) >= 11 is 0. The zero-order valence-corrected chi connectivity index (χ0v) is 8.53. The fourth-order valence-corrected chi connectivity index (χ4v) is 1.99. The minimum atomic E-state index is -0.942. The number of benzene rings is 1. The quantitative estimate of drug-likeness (QED) is 0.768. The molecule has 0 fully saturated rings. The summed E-state index contributed by atoms with van der Waals surface area (Å²) in [4.78, 5) is 14.1. The number of ether oxygens (including phenoxy) is 2. The molecule has 1 aliphatic rings. The Kier molecular flexibility index (Phi) is 1.65. The van der Waals surface area contributed by atoms with Crippen LogP contribution < -0.4 is 9.47 Å². The van der Waals surface area contributed by atoms with Gasteiger partial charge in [0.1, 0.15) is 0 Å². The van der Waals surface area contributed by atoms with Crippen molar-refractivity contribution in [2.75, 3.05) is 6.79 Å².